The Balaban J connectivity index is 0.000000232. The number of sulfonamides is 2. The summed E-state index contributed by atoms with van der Waals surface area (Å²) in [6.45, 7) is 1.09. The van der Waals surface area contributed by atoms with Gasteiger partial charge in [0.1, 0.15) is 0 Å². The van der Waals surface area contributed by atoms with E-state index in [4.69, 9.17) is 34.0 Å². The summed E-state index contributed by atoms with van der Waals surface area (Å²) >= 11 is 11.6. The molecule has 4 aliphatic rings. The van der Waals surface area contributed by atoms with E-state index >= 15 is 0 Å². The van der Waals surface area contributed by atoms with Gasteiger partial charge in [0.2, 0.25) is 26.0 Å². The third kappa shape index (κ3) is 11.9. The maximum atomic E-state index is 12.8. The normalized spacial score (nSPS) is 22.3. The second kappa shape index (κ2) is 19.5. The molecule has 2 saturated heterocycles. The Morgan fingerprint density at radius 2 is 1.06 bits per heavy atom. The van der Waals surface area contributed by atoms with E-state index < -0.39 is 31.9 Å². The van der Waals surface area contributed by atoms with Gasteiger partial charge in [0.15, 0.2) is 0 Å². The van der Waals surface area contributed by atoms with Crippen molar-refractivity contribution >= 4 is 55.1 Å². The van der Waals surface area contributed by atoms with Gasteiger partial charge >= 0.3 is 5.97 Å². The molecule has 0 unspecified atom stereocenters. The molecule has 0 radical (unpaired) electrons. The third-order valence-corrected chi connectivity index (χ3v) is 13.8. The molecule has 1 amide bonds. The lowest BCUT2D eigenvalue weighted by Gasteiger charge is -2.31. The van der Waals surface area contributed by atoms with Gasteiger partial charge in [-0.2, -0.15) is 8.61 Å². The highest BCUT2D eigenvalue weighted by Gasteiger charge is 2.35. The highest BCUT2D eigenvalue weighted by atomic mass is 35.5. The monoisotopic (exact) mass is 774 g/mol. The molecule has 2 aliphatic heterocycles. The Morgan fingerprint density at radius 1 is 0.660 bits per heavy atom. The number of piperidine rings is 2. The Morgan fingerprint density at radius 3 is 1.46 bits per heavy atom. The molecular formula is C35H52Cl2N4O7S2. The maximum absolute atomic E-state index is 12.8. The minimum atomic E-state index is -3.63. The second-order valence-corrected chi connectivity index (χ2v) is 17.9. The average Bonchev–Trinajstić information content (AvgIpc) is 3.80. The van der Waals surface area contributed by atoms with E-state index in [0.29, 0.717) is 48.4 Å². The number of aliphatic carboxylic acids is 1. The number of amides is 1. The van der Waals surface area contributed by atoms with Gasteiger partial charge in [0.25, 0.3) is 0 Å². The zero-order chi connectivity index (χ0) is 35.6. The van der Waals surface area contributed by atoms with Crippen LogP contribution < -0.4 is 11.1 Å². The number of hydrogen-bond donors (Lipinski definition) is 3. The Hall–Kier alpha value is -2.26. The van der Waals surface area contributed by atoms with E-state index in [9.17, 15) is 26.4 Å². The van der Waals surface area contributed by atoms with Crippen molar-refractivity contribution in [3.05, 3.63) is 58.6 Å². The van der Waals surface area contributed by atoms with E-state index in [2.05, 4.69) is 5.32 Å². The van der Waals surface area contributed by atoms with Crippen LogP contribution in [0.25, 0.3) is 0 Å². The van der Waals surface area contributed by atoms with E-state index in [0.717, 1.165) is 32.1 Å². The molecule has 0 bridgehead atoms. The van der Waals surface area contributed by atoms with Crippen LogP contribution in [0.3, 0.4) is 0 Å². The standard InChI is InChI=1S/C17H23ClN2O3S.C12H14ClNO4S.C5H11N.CH4/c18-14-7-9-16(10-8-14)24(22,23)20-11-3-4-13(12-20)17(21)19-15-5-1-2-6-15;13-10-3-5-11(6-4-10)19(17,18)14-7-1-2-9(8-14)12(15)16;6-5-3-1-2-4-5;/h7-10,13,15H,1-6,11-12H2,(H,19,21);3-6,9H,1-2,7-8H2,(H,15,16);5H,1-4,6H2;1H4/t13-;9-;;/m11../s1. The minimum Gasteiger partial charge on any atom is -0.481 e. The Bertz CT molecular complexity index is 1600. The highest BCUT2D eigenvalue weighted by molar-refractivity contribution is 7.89. The number of carboxylic acids is 1. The van der Waals surface area contributed by atoms with Crippen molar-refractivity contribution in [2.45, 2.75) is 106 Å². The molecule has 0 aromatic heterocycles. The predicted molar refractivity (Wildman–Crippen MR) is 197 cm³/mol. The topological polar surface area (TPSA) is 167 Å². The van der Waals surface area contributed by atoms with Crippen LogP contribution in [-0.4, -0.2) is 80.7 Å². The van der Waals surface area contributed by atoms with Crippen molar-refractivity contribution in [1.82, 2.24) is 13.9 Å². The highest BCUT2D eigenvalue weighted by Crippen LogP contribution is 2.27. The first-order valence-corrected chi connectivity index (χ1v) is 20.7. The first kappa shape index (κ1) is 42.2. The van der Waals surface area contributed by atoms with E-state index in [1.54, 1.807) is 12.1 Å². The molecule has 2 aromatic rings. The summed E-state index contributed by atoms with van der Waals surface area (Å²) in [5.74, 6) is -1.84. The van der Waals surface area contributed by atoms with Crippen molar-refractivity contribution in [2.75, 3.05) is 26.2 Å². The summed E-state index contributed by atoms with van der Waals surface area (Å²) in [5.41, 5.74) is 5.53. The van der Waals surface area contributed by atoms with Crippen LogP contribution in [0, 0.1) is 11.8 Å². The summed E-state index contributed by atoms with van der Waals surface area (Å²) in [4.78, 5) is 23.8. The maximum Gasteiger partial charge on any atom is 0.307 e. The summed E-state index contributed by atoms with van der Waals surface area (Å²) in [6, 6.07) is 12.9. The van der Waals surface area contributed by atoms with Crippen molar-refractivity contribution in [2.24, 2.45) is 17.6 Å². The number of nitrogens with one attached hydrogen (secondary N) is 1. The third-order valence-electron chi connectivity index (χ3n) is 9.49. The number of carboxylic acid groups (broad SMARTS) is 1. The van der Waals surface area contributed by atoms with Crippen LogP contribution in [0.1, 0.15) is 84.5 Å². The number of halogens is 2. The Kier molecular flexibility index (Phi) is 16.5. The van der Waals surface area contributed by atoms with Gasteiger partial charge in [-0.1, -0.05) is 56.3 Å². The van der Waals surface area contributed by atoms with Crippen molar-refractivity contribution in [1.29, 1.82) is 0 Å². The molecule has 4 N–H and O–H groups in total. The fraction of sp³-hybridized carbons (Fsp3) is 0.600. The van der Waals surface area contributed by atoms with E-state index in [1.165, 1.54) is 70.7 Å². The van der Waals surface area contributed by atoms with Crippen LogP contribution in [0.2, 0.25) is 10.0 Å². The molecule has 50 heavy (non-hydrogen) atoms. The van der Waals surface area contributed by atoms with Gasteiger partial charge in [-0.25, -0.2) is 16.8 Å². The number of benzene rings is 2. The van der Waals surface area contributed by atoms with Gasteiger partial charge in [0, 0.05) is 48.3 Å². The molecule has 4 fully saturated rings. The SMILES string of the molecule is C.NC1CCCC1.O=C(NC1CCCC1)[C@@H]1CCCN(S(=O)(=O)c2ccc(Cl)cc2)C1.O=C(O)[C@@H]1CCCN(S(=O)(=O)c2ccc(Cl)cc2)C1. The fourth-order valence-electron chi connectivity index (χ4n) is 6.59. The summed E-state index contributed by atoms with van der Waals surface area (Å²) < 4.78 is 52.9. The predicted octanol–water partition coefficient (Wildman–Crippen LogP) is 6.15. The van der Waals surface area contributed by atoms with Crippen LogP contribution >= 0.6 is 23.2 Å². The van der Waals surface area contributed by atoms with Crippen LogP contribution in [-0.2, 0) is 29.6 Å². The molecule has 2 aromatic carbocycles. The molecular weight excluding hydrogens is 723 g/mol. The molecule has 15 heteroatoms. The van der Waals surface area contributed by atoms with Crippen molar-refractivity contribution in [3.8, 4) is 0 Å². The van der Waals surface area contributed by atoms with Crippen molar-refractivity contribution < 1.29 is 31.5 Å². The van der Waals surface area contributed by atoms with E-state index in [-0.39, 0.29) is 48.2 Å². The number of carbonyl (C=O) groups is 2. The largest absolute Gasteiger partial charge is 0.481 e. The first-order valence-electron chi connectivity index (χ1n) is 17.1. The molecule has 6 rings (SSSR count). The smallest absolute Gasteiger partial charge is 0.307 e. The van der Waals surface area contributed by atoms with Crippen molar-refractivity contribution in [3.63, 3.8) is 0 Å². The summed E-state index contributed by atoms with van der Waals surface area (Å²) in [5, 5.41) is 13.0. The molecule has 2 heterocycles. The number of carbonyl (C=O) groups excluding carboxylic acids is 1. The second-order valence-electron chi connectivity index (χ2n) is 13.2. The molecule has 2 aliphatic carbocycles. The number of hydrogen-bond acceptors (Lipinski definition) is 7. The zero-order valence-corrected chi connectivity index (χ0v) is 30.8. The van der Waals surface area contributed by atoms with Gasteiger partial charge in [-0.3, -0.25) is 9.59 Å². The lowest BCUT2D eigenvalue weighted by molar-refractivity contribution is -0.142. The molecule has 2 saturated carbocycles. The molecule has 11 nitrogen and oxygen atoms in total. The quantitative estimate of drug-likeness (QED) is 0.301. The summed E-state index contributed by atoms with van der Waals surface area (Å²) in [7, 11) is -7.21. The number of nitrogens with zero attached hydrogens (tertiary/aromatic N) is 2. The summed E-state index contributed by atoms with van der Waals surface area (Å²) in [6.07, 6.45) is 12.2. The van der Waals surface area contributed by atoms with Gasteiger partial charge < -0.3 is 16.2 Å². The number of rotatable bonds is 7. The first-order chi connectivity index (χ1) is 23.3. The van der Waals surface area contributed by atoms with Crippen LogP contribution in [0.15, 0.2) is 58.3 Å². The Labute approximate surface area is 308 Å². The van der Waals surface area contributed by atoms with Crippen LogP contribution in [0.5, 0.6) is 0 Å². The minimum absolute atomic E-state index is 0. The van der Waals surface area contributed by atoms with Crippen LogP contribution in [0.4, 0.5) is 0 Å². The van der Waals surface area contributed by atoms with Gasteiger partial charge in [0.05, 0.1) is 21.6 Å². The average molecular weight is 776 g/mol. The van der Waals surface area contributed by atoms with E-state index in [1.807, 2.05) is 0 Å². The zero-order valence-electron chi connectivity index (χ0n) is 27.7. The molecule has 280 valence electrons. The van der Waals surface area contributed by atoms with Gasteiger partial charge in [-0.15, -0.1) is 0 Å². The molecule has 2 atom stereocenters. The fourth-order valence-corrected chi connectivity index (χ4v) is 9.89. The lowest BCUT2D eigenvalue weighted by Crippen LogP contribution is -2.47. The molecule has 0 spiro atoms. The lowest BCUT2D eigenvalue weighted by atomic mass is 9.98. The van der Waals surface area contributed by atoms with Gasteiger partial charge in [-0.05, 0) is 99.9 Å². The number of nitrogens with two attached hydrogens (primary N) is 1.